The average molecular weight is 664 g/mol. The minimum atomic E-state index is -3.67. The SMILES string of the molecule is CS(=O)(=O)O.O=C(Nc1cccc(/C(=N/OCCCN2CCOCC2)c2ccccc2)c1)c1ccn2c1CSC2c1cccnc1. The number of nitrogens with one attached hydrogen (secondary N) is 1. The van der Waals surface area contributed by atoms with E-state index in [1.807, 2.05) is 79.1 Å². The van der Waals surface area contributed by atoms with E-state index in [1.54, 1.807) is 18.0 Å². The number of ether oxygens (including phenoxy) is 1. The normalized spacial score (nSPS) is 16.7. The highest BCUT2D eigenvalue weighted by Gasteiger charge is 2.28. The number of morpholine rings is 1. The predicted octanol–water partition coefficient (Wildman–Crippen LogP) is 4.92. The zero-order valence-corrected chi connectivity index (χ0v) is 27.1. The first-order chi connectivity index (χ1) is 22.3. The Bertz CT molecular complexity index is 1720. The zero-order valence-electron chi connectivity index (χ0n) is 25.5. The third kappa shape index (κ3) is 9.50. The molecule has 13 heteroatoms. The Morgan fingerprint density at radius 1 is 1.09 bits per heavy atom. The Morgan fingerprint density at radius 3 is 2.59 bits per heavy atom. The van der Waals surface area contributed by atoms with Gasteiger partial charge in [0.15, 0.2) is 0 Å². The molecule has 1 unspecified atom stereocenters. The van der Waals surface area contributed by atoms with E-state index in [1.165, 1.54) is 0 Å². The molecule has 0 spiro atoms. The summed E-state index contributed by atoms with van der Waals surface area (Å²) in [5.41, 5.74) is 6.10. The Hall–Kier alpha value is -4.01. The molecule has 0 saturated carbocycles. The first kappa shape index (κ1) is 33.4. The maximum absolute atomic E-state index is 13.4. The van der Waals surface area contributed by atoms with Crippen molar-refractivity contribution in [1.82, 2.24) is 14.5 Å². The monoisotopic (exact) mass is 663 g/mol. The number of thioether (sulfide) groups is 1. The highest BCUT2D eigenvalue weighted by Crippen LogP contribution is 2.42. The molecule has 4 aromatic rings. The summed E-state index contributed by atoms with van der Waals surface area (Å²) in [6.07, 6.45) is 7.27. The number of pyridine rings is 1. The van der Waals surface area contributed by atoms with Crippen LogP contribution in [0.4, 0.5) is 5.69 Å². The number of anilines is 1. The molecule has 4 heterocycles. The number of oxime groups is 1. The van der Waals surface area contributed by atoms with Gasteiger partial charge >= 0.3 is 0 Å². The molecule has 1 fully saturated rings. The molecular formula is C33H37N5O6S2. The fourth-order valence-corrected chi connectivity index (χ4v) is 6.48. The molecular weight excluding hydrogens is 627 g/mol. The van der Waals surface area contributed by atoms with E-state index in [-0.39, 0.29) is 11.3 Å². The smallest absolute Gasteiger partial charge is 0.261 e. The predicted molar refractivity (Wildman–Crippen MR) is 180 cm³/mol. The quantitative estimate of drug-likeness (QED) is 0.105. The lowest BCUT2D eigenvalue weighted by Crippen LogP contribution is -2.37. The van der Waals surface area contributed by atoms with Gasteiger partial charge in [-0.3, -0.25) is 19.2 Å². The molecule has 1 atom stereocenters. The summed E-state index contributed by atoms with van der Waals surface area (Å²) in [6.45, 7) is 5.01. The van der Waals surface area contributed by atoms with Gasteiger partial charge < -0.3 is 19.5 Å². The van der Waals surface area contributed by atoms with Crippen molar-refractivity contribution in [2.45, 2.75) is 17.5 Å². The van der Waals surface area contributed by atoms with E-state index in [2.05, 4.69) is 31.0 Å². The van der Waals surface area contributed by atoms with Gasteiger partial charge in [-0.05, 0) is 30.7 Å². The van der Waals surface area contributed by atoms with Crippen molar-refractivity contribution >= 4 is 39.2 Å². The molecule has 0 radical (unpaired) electrons. The molecule has 6 rings (SSSR count). The van der Waals surface area contributed by atoms with Crippen molar-refractivity contribution in [3.05, 3.63) is 119 Å². The molecule has 1 saturated heterocycles. The largest absolute Gasteiger partial charge is 0.395 e. The number of hydrogen-bond donors (Lipinski definition) is 2. The summed E-state index contributed by atoms with van der Waals surface area (Å²) < 4.78 is 33.5. The van der Waals surface area contributed by atoms with Crippen molar-refractivity contribution in [3.8, 4) is 0 Å². The molecule has 2 aromatic heterocycles. The lowest BCUT2D eigenvalue weighted by molar-refractivity contribution is 0.0323. The van der Waals surface area contributed by atoms with E-state index >= 15 is 0 Å². The van der Waals surface area contributed by atoms with E-state index in [4.69, 9.17) is 14.1 Å². The van der Waals surface area contributed by atoms with Gasteiger partial charge in [-0.15, -0.1) is 11.8 Å². The third-order valence-electron chi connectivity index (χ3n) is 7.28. The maximum Gasteiger partial charge on any atom is 0.261 e. The van der Waals surface area contributed by atoms with Crippen LogP contribution in [0.1, 0.15) is 44.5 Å². The number of benzene rings is 2. The summed E-state index contributed by atoms with van der Waals surface area (Å²) in [6, 6.07) is 23.7. The van der Waals surface area contributed by atoms with Gasteiger partial charge in [0.2, 0.25) is 0 Å². The summed E-state index contributed by atoms with van der Waals surface area (Å²) in [5.74, 6) is 0.643. The zero-order chi connectivity index (χ0) is 32.4. The Kier molecular flexibility index (Phi) is 11.6. The van der Waals surface area contributed by atoms with Crippen LogP contribution >= 0.6 is 11.8 Å². The van der Waals surface area contributed by atoms with Crippen LogP contribution in [0.25, 0.3) is 0 Å². The second-order valence-electron chi connectivity index (χ2n) is 10.7. The first-order valence-electron chi connectivity index (χ1n) is 14.9. The Morgan fingerprint density at radius 2 is 1.85 bits per heavy atom. The van der Waals surface area contributed by atoms with E-state index in [9.17, 15) is 13.2 Å². The van der Waals surface area contributed by atoms with Crippen LogP contribution < -0.4 is 5.32 Å². The van der Waals surface area contributed by atoms with Gasteiger partial charge in [0.1, 0.15) is 17.7 Å². The molecule has 0 aliphatic carbocycles. The number of amides is 1. The summed E-state index contributed by atoms with van der Waals surface area (Å²) in [7, 11) is -3.67. The number of carbonyl (C=O) groups is 1. The van der Waals surface area contributed by atoms with E-state index < -0.39 is 10.1 Å². The fourth-order valence-electron chi connectivity index (χ4n) is 5.17. The van der Waals surface area contributed by atoms with Crippen LogP contribution in [0, 0.1) is 0 Å². The van der Waals surface area contributed by atoms with Crippen LogP contribution in [0.15, 0.2) is 96.5 Å². The van der Waals surface area contributed by atoms with Crippen molar-refractivity contribution in [1.29, 1.82) is 0 Å². The van der Waals surface area contributed by atoms with Crippen LogP contribution in [0.3, 0.4) is 0 Å². The summed E-state index contributed by atoms with van der Waals surface area (Å²) >= 11 is 1.80. The third-order valence-corrected chi connectivity index (χ3v) is 8.53. The van der Waals surface area contributed by atoms with Crippen molar-refractivity contribution in [2.75, 3.05) is 51.0 Å². The topological polar surface area (TPSA) is 135 Å². The van der Waals surface area contributed by atoms with E-state index in [0.29, 0.717) is 24.1 Å². The standard InChI is InChI=1S/C32H33N5O3S.CH4O3S/c38-31(28-12-15-37-29(28)23-41-32(37)26-10-5-13-33-22-26)34-27-11-4-9-25(21-27)30(24-7-2-1-3-8-24)35-40-18-6-14-36-16-19-39-20-17-36;1-5(2,3)4/h1-5,7-13,15,21-22,32H,6,14,16-20,23H2,(H,34,38);1H3,(H,2,3,4)/b35-30+;. The molecule has 242 valence electrons. The maximum atomic E-state index is 13.4. The highest BCUT2D eigenvalue weighted by atomic mass is 32.2. The molecule has 11 nitrogen and oxygen atoms in total. The second kappa shape index (κ2) is 16.0. The number of carbonyl (C=O) groups excluding carboxylic acids is 1. The molecule has 2 aliphatic rings. The number of aromatic nitrogens is 2. The fraction of sp³-hybridized carbons (Fsp3) is 0.303. The van der Waals surface area contributed by atoms with E-state index in [0.717, 1.165) is 73.1 Å². The number of rotatable bonds is 10. The molecule has 2 aromatic carbocycles. The van der Waals surface area contributed by atoms with Crippen LogP contribution in [0.2, 0.25) is 0 Å². The highest BCUT2D eigenvalue weighted by molar-refractivity contribution is 7.99. The minimum Gasteiger partial charge on any atom is -0.395 e. The Labute approximate surface area is 273 Å². The average Bonchev–Trinajstić information content (AvgIpc) is 3.66. The lowest BCUT2D eigenvalue weighted by Gasteiger charge is -2.26. The second-order valence-corrected chi connectivity index (χ2v) is 13.3. The molecule has 2 aliphatic heterocycles. The van der Waals surface area contributed by atoms with Gasteiger partial charge in [-0.25, -0.2) is 0 Å². The molecule has 0 bridgehead atoms. The molecule has 46 heavy (non-hydrogen) atoms. The number of hydrogen-bond acceptors (Lipinski definition) is 9. The van der Waals surface area contributed by atoms with Gasteiger partial charge in [0, 0.05) is 72.0 Å². The number of nitrogens with zero attached hydrogens (tertiary/aromatic N) is 4. The van der Waals surface area contributed by atoms with Gasteiger partial charge in [-0.2, -0.15) is 8.42 Å². The number of fused-ring (bicyclic) bond motifs is 1. The van der Waals surface area contributed by atoms with Crippen LogP contribution in [-0.2, 0) is 25.4 Å². The van der Waals surface area contributed by atoms with Crippen molar-refractivity contribution in [3.63, 3.8) is 0 Å². The Balaban J connectivity index is 0.000000775. The van der Waals surface area contributed by atoms with Crippen molar-refractivity contribution in [2.24, 2.45) is 5.16 Å². The van der Waals surface area contributed by atoms with Crippen LogP contribution in [-0.4, -0.2) is 84.8 Å². The van der Waals surface area contributed by atoms with Gasteiger partial charge in [0.05, 0.1) is 25.0 Å². The first-order valence-corrected chi connectivity index (χ1v) is 17.8. The molecule has 2 N–H and O–H groups in total. The lowest BCUT2D eigenvalue weighted by atomic mass is 10.0. The molecule has 1 amide bonds. The van der Waals surface area contributed by atoms with Crippen molar-refractivity contribution < 1.29 is 27.3 Å². The van der Waals surface area contributed by atoms with Crippen LogP contribution in [0.5, 0.6) is 0 Å². The van der Waals surface area contributed by atoms with Gasteiger partial charge in [-0.1, -0.05) is 53.7 Å². The summed E-state index contributed by atoms with van der Waals surface area (Å²) in [5, 5.41) is 7.78. The summed E-state index contributed by atoms with van der Waals surface area (Å²) in [4.78, 5) is 25.8. The van der Waals surface area contributed by atoms with Gasteiger partial charge in [0.25, 0.3) is 16.0 Å². The minimum absolute atomic E-state index is 0.124.